The average molecular weight is 265 g/mol. The van der Waals surface area contributed by atoms with Crippen LogP contribution in [0.1, 0.15) is 6.92 Å². The van der Waals surface area contributed by atoms with Gasteiger partial charge >= 0.3 is 64.1 Å². The van der Waals surface area contributed by atoms with Crippen molar-refractivity contribution in [2.45, 2.75) is 18.6 Å². The minimum Gasteiger partial charge on any atom is -0.448 e. The van der Waals surface area contributed by atoms with E-state index < -0.39 is 18.3 Å². The van der Waals surface area contributed by atoms with Crippen molar-refractivity contribution in [1.82, 2.24) is 14.8 Å². The standard InChI is InChI=1S/C5H8BF3N3OS.K/c1-2-12-4(13)10-11-5(12)14-3-6(7,8)9;/h2-3H2,1H3,(H,10,13);/q-1;+1. The Morgan fingerprint density at radius 3 is 2.60 bits per heavy atom. The zero-order chi connectivity index (χ0) is 10.8. The van der Waals surface area contributed by atoms with Gasteiger partial charge in [-0.2, -0.15) is 0 Å². The summed E-state index contributed by atoms with van der Waals surface area (Å²) < 4.78 is 36.9. The zero-order valence-electron chi connectivity index (χ0n) is 8.34. The fourth-order valence-corrected chi connectivity index (χ4v) is 1.68. The van der Waals surface area contributed by atoms with E-state index in [4.69, 9.17) is 0 Å². The normalized spacial score (nSPS) is 11.2. The molecule has 1 rings (SSSR count). The molecule has 1 aromatic rings. The zero-order valence-corrected chi connectivity index (χ0v) is 12.3. The van der Waals surface area contributed by atoms with Gasteiger partial charge in [0.15, 0.2) is 5.16 Å². The van der Waals surface area contributed by atoms with Gasteiger partial charge in [0.1, 0.15) is 0 Å². The van der Waals surface area contributed by atoms with Crippen LogP contribution in [0.3, 0.4) is 0 Å². The number of thioether (sulfide) groups is 1. The third kappa shape index (κ3) is 5.09. The first-order valence-corrected chi connectivity index (χ1v) is 4.91. The molecule has 4 nitrogen and oxygen atoms in total. The van der Waals surface area contributed by atoms with Gasteiger partial charge in [0, 0.05) is 6.54 Å². The van der Waals surface area contributed by atoms with E-state index >= 15 is 0 Å². The average Bonchev–Trinajstić information content (AvgIpc) is 2.41. The second kappa shape index (κ2) is 6.50. The quantitative estimate of drug-likeness (QED) is 0.510. The Kier molecular flexibility index (Phi) is 6.84. The maximum Gasteiger partial charge on any atom is 1.00 e. The van der Waals surface area contributed by atoms with Gasteiger partial charge in [-0.05, 0) is 12.6 Å². The van der Waals surface area contributed by atoms with Crippen LogP contribution in [0.5, 0.6) is 0 Å². The summed E-state index contributed by atoms with van der Waals surface area (Å²) in [6.07, 6.45) is 0. The van der Waals surface area contributed by atoms with Crippen LogP contribution in [0, 0.1) is 0 Å². The summed E-state index contributed by atoms with van der Waals surface area (Å²) in [6.45, 7) is -2.87. The van der Waals surface area contributed by atoms with Crippen LogP contribution >= 0.6 is 11.8 Å². The number of nitrogens with one attached hydrogen (secondary N) is 1. The van der Waals surface area contributed by atoms with E-state index in [2.05, 4.69) is 10.2 Å². The second-order valence-electron chi connectivity index (χ2n) is 2.58. The molecule has 15 heavy (non-hydrogen) atoms. The van der Waals surface area contributed by atoms with E-state index in [1.165, 1.54) is 0 Å². The van der Waals surface area contributed by atoms with Crippen molar-refractivity contribution in [3.05, 3.63) is 10.5 Å². The maximum absolute atomic E-state index is 11.9. The first-order valence-electron chi connectivity index (χ1n) is 3.93. The minimum atomic E-state index is -4.85. The van der Waals surface area contributed by atoms with E-state index in [0.29, 0.717) is 18.3 Å². The van der Waals surface area contributed by atoms with E-state index in [0.717, 1.165) is 4.57 Å². The molecule has 0 aromatic carbocycles. The Hall–Kier alpha value is 0.781. The van der Waals surface area contributed by atoms with Crippen LogP contribution in [0.25, 0.3) is 0 Å². The van der Waals surface area contributed by atoms with Gasteiger partial charge in [0.25, 0.3) is 0 Å². The molecule has 1 aromatic heterocycles. The molecule has 0 amide bonds. The summed E-state index contributed by atoms with van der Waals surface area (Å²) in [5.74, 6) is 0. The molecule has 0 aliphatic rings. The Balaban J connectivity index is 0.00000196. The van der Waals surface area contributed by atoms with Crippen LogP contribution in [-0.2, 0) is 6.54 Å². The van der Waals surface area contributed by atoms with Crippen molar-refractivity contribution >= 4 is 18.7 Å². The SMILES string of the molecule is CCn1c(SC[B-](F)(F)F)n[nH]c1=O.[K+]. The molecule has 0 saturated heterocycles. The second-order valence-corrected chi connectivity index (χ2v) is 3.56. The van der Waals surface area contributed by atoms with Gasteiger partial charge in [0.05, 0.1) is 0 Å². The Morgan fingerprint density at radius 2 is 2.13 bits per heavy atom. The summed E-state index contributed by atoms with van der Waals surface area (Å²) in [7, 11) is 0. The summed E-state index contributed by atoms with van der Waals surface area (Å²) >= 11 is 0.523. The fourth-order valence-electron chi connectivity index (χ4n) is 0.861. The predicted molar refractivity (Wildman–Crippen MR) is 48.3 cm³/mol. The molecule has 0 spiro atoms. The van der Waals surface area contributed by atoms with Gasteiger partial charge in [-0.3, -0.25) is 4.57 Å². The number of aromatic amines is 1. The van der Waals surface area contributed by atoms with Gasteiger partial charge in [0.2, 0.25) is 0 Å². The van der Waals surface area contributed by atoms with Crippen LogP contribution in [0.15, 0.2) is 9.95 Å². The fraction of sp³-hybridized carbons (Fsp3) is 0.600. The Labute approximate surface area is 131 Å². The van der Waals surface area contributed by atoms with Crippen molar-refractivity contribution in [3.8, 4) is 0 Å². The van der Waals surface area contributed by atoms with Gasteiger partial charge in [-0.15, -0.1) is 16.9 Å². The molecule has 0 radical (unpaired) electrons. The van der Waals surface area contributed by atoms with E-state index in [9.17, 15) is 17.7 Å². The van der Waals surface area contributed by atoms with Crippen molar-refractivity contribution in [2.75, 3.05) is 5.65 Å². The number of aromatic nitrogens is 3. The van der Waals surface area contributed by atoms with Gasteiger partial charge in [-0.25, -0.2) is 9.89 Å². The number of H-pyrrole nitrogens is 1. The molecule has 80 valence electrons. The molecule has 0 fully saturated rings. The molecule has 0 aliphatic carbocycles. The summed E-state index contributed by atoms with van der Waals surface area (Å²) in [4.78, 5) is 11.0. The van der Waals surface area contributed by atoms with E-state index in [1.807, 2.05) is 0 Å². The first-order chi connectivity index (χ1) is 6.44. The number of halogens is 3. The first kappa shape index (κ1) is 15.8. The Bertz CT molecular complexity index is 365. The third-order valence-electron chi connectivity index (χ3n) is 1.44. The molecule has 0 unspecified atom stereocenters. The number of hydrogen-bond acceptors (Lipinski definition) is 3. The van der Waals surface area contributed by atoms with Gasteiger partial charge in [-0.1, -0.05) is 0 Å². The van der Waals surface area contributed by atoms with Crippen molar-refractivity contribution in [2.24, 2.45) is 0 Å². The van der Waals surface area contributed by atoms with Crippen LogP contribution in [0.2, 0.25) is 0 Å². The largest absolute Gasteiger partial charge is 1.00 e. The molecule has 0 saturated carbocycles. The topological polar surface area (TPSA) is 50.7 Å². The molecule has 0 atom stereocenters. The van der Waals surface area contributed by atoms with Crippen molar-refractivity contribution in [3.63, 3.8) is 0 Å². The molecule has 10 heteroatoms. The molecule has 0 aliphatic heterocycles. The molecular weight excluding hydrogens is 257 g/mol. The molecular formula is C5H8BF3KN3OS. The maximum atomic E-state index is 11.9. The number of hydrogen-bond donors (Lipinski definition) is 1. The van der Waals surface area contributed by atoms with Gasteiger partial charge < -0.3 is 12.9 Å². The molecule has 1 heterocycles. The van der Waals surface area contributed by atoms with Crippen LogP contribution in [-0.4, -0.2) is 27.4 Å². The van der Waals surface area contributed by atoms with E-state index in [1.54, 1.807) is 6.92 Å². The third-order valence-corrected chi connectivity index (χ3v) is 2.56. The minimum absolute atomic E-state index is 0. The summed E-state index contributed by atoms with van der Waals surface area (Å²) in [6, 6.07) is 0. The monoisotopic (exact) mass is 265 g/mol. The smallest absolute Gasteiger partial charge is 0.448 e. The Morgan fingerprint density at radius 1 is 1.53 bits per heavy atom. The van der Waals surface area contributed by atoms with Crippen molar-refractivity contribution < 1.29 is 64.3 Å². The van der Waals surface area contributed by atoms with Crippen LogP contribution < -0.4 is 57.1 Å². The molecule has 1 N–H and O–H groups in total. The van der Waals surface area contributed by atoms with Crippen LogP contribution in [0.4, 0.5) is 12.9 Å². The predicted octanol–water partition coefficient (Wildman–Crippen LogP) is -1.93. The molecule has 0 bridgehead atoms. The summed E-state index contributed by atoms with van der Waals surface area (Å²) in [5.41, 5.74) is -1.46. The number of rotatable bonds is 4. The van der Waals surface area contributed by atoms with Crippen molar-refractivity contribution in [1.29, 1.82) is 0 Å². The number of nitrogens with zero attached hydrogens (tertiary/aromatic N) is 2. The summed E-state index contributed by atoms with van der Waals surface area (Å²) in [5, 5.41) is 5.67. The van der Waals surface area contributed by atoms with E-state index in [-0.39, 0.29) is 56.5 Å².